The molecule has 46 valence electrons. The molecule has 0 saturated heterocycles. The van der Waals surface area contributed by atoms with Gasteiger partial charge < -0.3 is 0 Å². The average molecular weight is 114 g/mol. The van der Waals surface area contributed by atoms with Gasteiger partial charge in [-0.1, -0.05) is 0 Å². The van der Waals surface area contributed by atoms with Gasteiger partial charge in [0.2, 0.25) is 0 Å². The van der Waals surface area contributed by atoms with Crippen molar-refractivity contribution in [3.8, 4) is 0 Å². The van der Waals surface area contributed by atoms with Gasteiger partial charge in [-0.25, -0.2) is 0 Å². The third-order valence-electron chi connectivity index (χ3n) is 1.33. The zero-order valence-electron chi connectivity index (χ0n) is 5.06. The Morgan fingerprint density at radius 2 is 2.50 bits per heavy atom. The minimum atomic E-state index is -0.597. The van der Waals surface area contributed by atoms with Gasteiger partial charge in [-0.05, 0) is 19.4 Å². The Morgan fingerprint density at radius 3 is 2.62 bits per heavy atom. The van der Waals surface area contributed by atoms with Crippen molar-refractivity contribution in [1.82, 2.24) is 5.48 Å². The molecule has 0 fully saturated rings. The maximum Gasteiger partial charge on any atom is 0.164 e. The van der Waals surface area contributed by atoms with Crippen molar-refractivity contribution in [2.45, 2.75) is 19.6 Å². The smallest absolute Gasteiger partial charge is 0.164 e. The van der Waals surface area contributed by atoms with E-state index in [2.05, 4.69) is 5.48 Å². The molecule has 1 atom stereocenters. The van der Waals surface area contributed by atoms with E-state index in [9.17, 15) is 0 Å². The third-order valence-corrected chi connectivity index (χ3v) is 1.33. The number of hydrogen-bond donors (Lipinski definition) is 2. The van der Waals surface area contributed by atoms with Gasteiger partial charge in [0.05, 0.1) is 0 Å². The maximum absolute atomic E-state index is 5.57. The molecule has 0 radical (unpaired) electrons. The molecule has 0 aliphatic carbocycles. The Bertz CT molecular complexity index is 128. The zero-order valence-corrected chi connectivity index (χ0v) is 5.06. The van der Waals surface area contributed by atoms with Gasteiger partial charge in [-0.2, -0.15) is 0 Å². The van der Waals surface area contributed by atoms with E-state index in [0.29, 0.717) is 0 Å². The third kappa shape index (κ3) is 0.700. The highest BCUT2D eigenvalue weighted by Crippen LogP contribution is 2.16. The first-order valence-electron chi connectivity index (χ1n) is 2.52. The lowest BCUT2D eigenvalue weighted by molar-refractivity contribution is -0.0253. The highest BCUT2D eigenvalue weighted by atomic mass is 16.7. The van der Waals surface area contributed by atoms with E-state index in [0.717, 1.165) is 5.57 Å². The number of nitrogens with two attached hydrogens (primary N) is 1. The molecule has 0 bridgehead atoms. The molecule has 0 saturated carbocycles. The van der Waals surface area contributed by atoms with Gasteiger partial charge in [0.25, 0.3) is 0 Å². The molecule has 0 aromatic heterocycles. The summed E-state index contributed by atoms with van der Waals surface area (Å²) in [6.07, 6.45) is 1.75. The largest absolute Gasteiger partial charge is 0.298 e. The Morgan fingerprint density at radius 1 is 1.88 bits per heavy atom. The van der Waals surface area contributed by atoms with Crippen LogP contribution in [0.25, 0.3) is 0 Å². The Kier molecular flexibility index (Phi) is 1.03. The molecule has 8 heavy (non-hydrogen) atoms. The van der Waals surface area contributed by atoms with E-state index in [1.54, 1.807) is 13.1 Å². The highest BCUT2D eigenvalue weighted by Gasteiger charge is 2.25. The molecule has 0 aromatic carbocycles. The minimum Gasteiger partial charge on any atom is -0.298 e. The van der Waals surface area contributed by atoms with Crippen LogP contribution in [-0.2, 0) is 4.84 Å². The van der Waals surface area contributed by atoms with Crippen LogP contribution in [0, 0.1) is 0 Å². The maximum atomic E-state index is 5.57. The average Bonchev–Trinajstić information content (AvgIpc) is 1.86. The fourth-order valence-corrected chi connectivity index (χ4v) is 0.464. The second-order valence-electron chi connectivity index (χ2n) is 2.15. The summed E-state index contributed by atoms with van der Waals surface area (Å²) in [6, 6.07) is 0. The minimum absolute atomic E-state index is 0.597. The van der Waals surface area contributed by atoms with Crippen molar-refractivity contribution in [2.24, 2.45) is 5.73 Å². The number of hydrogen-bond acceptors (Lipinski definition) is 3. The summed E-state index contributed by atoms with van der Waals surface area (Å²) in [6.45, 7) is 3.72. The Labute approximate surface area is 48.5 Å². The molecule has 0 amide bonds. The van der Waals surface area contributed by atoms with Crippen LogP contribution in [0.2, 0.25) is 0 Å². The standard InChI is InChI=1S/C5H10N2O/c1-4-3-7-8-5(4,2)6/h3,7H,6H2,1-2H3. The molecular formula is C5H10N2O. The van der Waals surface area contributed by atoms with Gasteiger partial charge in [0, 0.05) is 6.20 Å². The van der Waals surface area contributed by atoms with Crippen LogP contribution >= 0.6 is 0 Å². The summed E-state index contributed by atoms with van der Waals surface area (Å²) in [4.78, 5) is 4.89. The lowest BCUT2D eigenvalue weighted by Crippen LogP contribution is -2.38. The zero-order chi connectivity index (χ0) is 6.20. The van der Waals surface area contributed by atoms with Gasteiger partial charge in [0.15, 0.2) is 5.72 Å². The summed E-state index contributed by atoms with van der Waals surface area (Å²) in [7, 11) is 0. The topological polar surface area (TPSA) is 47.3 Å². The van der Waals surface area contributed by atoms with Crippen molar-refractivity contribution >= 4 is 0 Å². The predicted octanol–water partition coefficient (Wildman–Crippen LogP) is 0.0999. The van der Waals surface area contributed by atoms with Crippen LogP contribution in [-0.4, -0.2) is 5.72 Å². The van der Waals surface area contributed by atoms with Gasteiger partial charge >= 0.3 is 0 Å². The molecule has 1 unspecified atom stereocenters. The van der Waals surface area contributed by atoms with Gasteiger partial charge in [-0.3, -0.25) is 16.1 Å². The van der Waals surface area contributed by atoms with Crippen molar-refractivity contribution in [3.05, 3.63) is 11.8 Å². The second-order valence-corrected chi connectivity index (χ2v) is 2.15. The Balaban J connectivity index is 2.73. The number of hydroxylamine groups is 1. The van der Waals surface area contributed by atoms with Crippen molar-refractivity contribution in [1.29, 1.82) is 0 Å². The van der Waals surface area contributed by atoms with Crippen LogP contribution in [0.4, 0.5) is 0 Å². The van der Waals surface area contributed by atoms with E-state index in [1.165, 1.54) is 0 Å². The first-order valence-corrected chi connectivity index (χ1v) is 2.52. The van der Waals surface area contributed by atoms with E-state index in [1.807, 2.05) is 6.92 Å². The van der Waals surface area contributed by atoms with Crippen LogP contribution in [0.3, 0.4) is 0 Å². The molecule has 1 heterocycles. The van der Waals surface area contributed by atoms with Crippen LogP contribution in [0.1, 0.15) is 13.8 Å². The fraction of sp³-hybridized carbons (Fsp3) is 0.600. The van der Waals surface area contributed by atoms with Crippen LogP contribution in [0.15, 0.2) is 11.8 Å². The molecule has 1 rings (SSSR count). The molecule has 3 N–H and O–H groups in total. The first kappa shape index (κ1) is 5.59. The van der Waals surface area contributed by atoms with E-state index in [4.69, 9.17) is 10.6 Å². The molecule has 3 nitrogen and oxygen atoms in total. The van der Waals surface area contributed by atoms with Gasteiger partial charge in [-0.15, -0.1) is 0 Å². The molecule has 0 aromatic rings. The summed E-state index contributed by atoms with van der Waals surface area (Å²) in [5, 5.41) is 0. The highest BCUT2D eigenvalue weighted by molar-refractivity contribution is 5.12. The summed E-state index contributed by atoms with van der Waals surface area (Å²) < 4.78 is 0. The van der Waals surface area contributed by atoms with E-state index < -0.39 is 5.72 Å². The SMILES string of the molecule is CC1=CNOC1(C)N. The van der Waals surface area contributed by atoms with Crippen LogP contribution < -0.4 is 11.2 Å². The molecule has 1 aliphatic rings. The lowest BCUT2D eigenvalue weighted by atomic mass is 10.1. The van der Waals surface area contributed by atoms with Crippen molar-refractivity contribution in [3.63, 3.8) is 0 Å². The number of rotatable bonds is 0. The van der Waals surface area contributed by atoms with Gasteiger partial charge in [0.1, 0.15) is 0 Å². The first-order chi connectivity index (χ1) is 3.63. The normalized spacial score (nSPS) is 36.6. The number of nitrogens with one attached hydrogen (secondary N) is 1. The molecule has 3 heteroatoms. The monoisotopic (exact) mass is 114 g/mol. The molecular weight excluding hydrogens is 104 g/mol. The molecule has 1 aliphatic heterocycles. The van der Waals surface area contributed by atoms with Crippen LogP contribution in [0.5, 0.6) is 0 Å². The predicted molar refractivity (Wildman–Crippen MR) is 30.6 cm³/mol. The van der Waals surface area contributed by atoms with E-state index in [-0.39, 0.29) is 0 Å². The lowest BCUT2D eigenvalue weighted by Gasteiger charge is -2.16. The molecule has 0 spiro atoms. The summed E-state index contributed by atoms with van der Waals surface area (Å²) in [5.41, 5.74) is 8.56. The van der Waals surface area contributed by atoms with Crippen molar-refractivity contribution in [2.75, 3.05) is 0 Å². The van der Waals surface area contributed by atoms with E-state index >= 15 is 0 Å². The summed E-state index contributed by atoms with van der Waals surface area (Å²) in [5.74, 6) is 0. The fourth-order valence-electron chi connectivity index (χ4n) is 0.464. The Hall–Kier alpha value is -0.540. The second kappa shape index (κ2) is 1.47. The summed E-state index contributed by atoms with van der Waals surface area (Å²) >= 11 is 0. The quantitative estimate of drug-likeness (QED) is 0.469. The van der Waals surface area contributed by atoms with Crippen molar-refractivity contribution < 1.29 is 4.84 Å².